The van der Waals surface area contributed by atoms with Crippen LogP contribution in [0.5, 0.6) is 0 Å². The molecular weight excluding hydrogens is 424 g/mol. The molecule has 1 unspecified atom stereocenters. The van der Waals surface area contributed by atoms with Crippen molar-refractivity contribution >= 4 is 45.9 Å². The fraction of sp³-hybridized carbons (Fsp3) is 0.240. The van der Waals surface area contributed by atoms with E-state index in [1.165, 1.54) is 12.0 Å². The van der Waals surface area contributed by atoms with Crippen molar-refractivity contribution in [3.8, 4) is 0 Å². The van der Waals surface area contributed by atoms with Crippen molar-refractivity contribution in [2.24, 2.45) is 0 Å². The lowest BCUT2D eigenvalue weighted by molar-refractivity contribution is -0.124. The molecule has 0 radical (unpaired) electrons. The van der Waals surface area contributed by atoms with Gasteiger partial charge in [0.15, 0.2) is 0 Å². The van der Waals surface area contributed by atoms with Crippen LogP contribution in [-0.4, -0.2) is 39.7 Å². The minimum atomic E-state index is -0.373. The first-order chi connectivity index (χ1) is 15.4. The summed E-state index contributed by atoms with van der Waals surface area (Å²) in [5.41, 5.74) is 3.33. The summed E-state index contributed by atoms with van der Waals surface area (Å²) in [7, 11) is 1.36. The van der Waals surface area contributed by atoms with Crippen molar-refractivity contribution in [1.29, 1.82) is 0 Å². The van der Waals surface area contributed by atoms with E-state index in [9.17, 15) is 14.4 Å². The summed E-state index contributed by atoms with van der Waals surface area (Å²) in [6.07, 6.45) is 4.50. The third kappa shape index (κ3) is 4.08. The second kappa shape index (κ2) is 9.04. The molecule has 1 fully saturated rings. The molecule has 0 bridgehead atoms. The third-order valence-electron chi connectivity index (χ3n) is 5.66. The fourth-order valence-electron chi connectivity index (χ4n) is 3.82. The average molecular weight is 449 g/mol. The highest BCUT2D eigenvalue weighted by Crippen LogP contribution is 2.35. The van der Waals surface area contributed by atoms with Crippen LogP contribution in [0.3, 0.4) is 0 Å². The predicted molar refractivity (Wildman–Crippen MR) is 126 cm³/mol. The molecule has 2 heterocycles. The van der Waals surface area contributed by atoms with Crippen LogP contribution >= 0.6 is 11.8 Å². The number of aromatic nitrogens is 1. The quantitative estimate of drug-likeness (QED) is 0.378. The van der Waals surface area contributed by atoms with Gasteiger partial charge in [-0.05, 0) is 54.9 Å². The Morgan fingerprint density at radius 1 is 1.16 bits per heavy atom. The van der Waals surface area contributed by atoms with Gasteiger partial charge in [0, 0.05) is 35.2 Å². The van der Waals surface area contributed by atoms with E-state index in [2.05, 4.69) is 4.57 Å². The summed E-state index contributed by atoms with van der Waals surface area (Å²) in [5, 5.41) is 0.769. The highest BCUT2D eigenvalue weighted by Gasteiger charge is 2.37. The first kappa shape index (κ1) is 21.9. The van der Waals surface area contributed by atoms with E-state index in [1.54, 1.807) is 12.1 Å². The fourth-order valence-corrected chi connectivity index (χ4v) is 4.74. The maximum Gasteiger partial charge on any atom is 0.337 e. The Morgan fingerprint density at radius 2 is 1.94 bits per heavy atom. The highest BCUT2D eigenvalue weighted by molar-refractivity contribution is 8.18. The smallest absolute Gasteiger partial charge is 0.337 e. The number of hydrogen-bond donors (Lipinski definition) is 0. The predicted octanol–water partition coefficient (Wildman–Crippen LogP) is 5.31. The van der Waals surface area contributed by atoms with E-state index in [1.807, 2.05) is 62.5 Å². The number of amides is 2. The molecular formula is C25H24N2O4S. The molecule has 32 heavy (non-hydrogen) atoms. The van der Waals surface area contributed by atoms with E-state index in [0.29, 0.717) is 17.0 Å². The van der Waals surface area contributed by atoms with E-state index >= 15 is 0 Å². The number of esters is 1. The summed E-state index contributed by atoms with van der Waals surface area (Å²) in [5.74, 6) is -0.612. The van der Waals surface area contributed by atoms with Crippen LogP contribution in [0.25, 0.3) is 17.0 Å². The lowest BCUT2D eigenvalue weighted by Gasteiger charge is -2.19. The van der Waals surface area contributed by atoms with E-state index in [-0.39, 0.29) is 23.2 Å². The molecule has 1 aliphatic heterocycles. The molecule has 4 rings (SSSR count). The van der Waals surface area contributed by atoms with Gasteiger partial charge in [0.2, 0.25) is 0 Å². The molecule has 0 saturated carbocycles. The van der Waals surface area contributed by atoms with Gasteiger partial charge in [0.25, 0.3) is 11.1 Å². The van der Waals surface area contributed by atoms with Gasteiger partial charge in [-0.3, -0.25) is 14.5 Å². The van der Waals surface area contributed by atoms with E-state index in [4.69, 9.17) is 4.74 Å². The van der Waals surface area contributed by atoms with Crippen LogP contribution in [-0.2, 0) is 16.1 Å². The molecule has 2 amide bonds. The van der Waals surface area contributed by atoms with Crippen LogP contribution in [0.1, 0.15) is 41.8 Å². The Morgan fingerprint density at radius 3 is 2.69 bits per heavy atom. The lowest BCUT2D eigenvalue weighted by atomic mass is 10.1. The number of fused-ring (bicyclic) bond motifs is 1. The number of para-hydroxylation sites is 1. The zero-order valence-corrected chi connectivity index (χ0v) is 19.0. The first-order valence-corrected chi connectivity index (χ1v) is 11.3. The molecule has 0 spiro atoms. The number of carbonyl (C=O) groups excluding carboxylic acids is 3. The molecule has 1 aromatic heterocycles. The van der Waals surface area contributed by atoms with Gasteiger partial charge in [0.1, 0.15) is 0 Å². The summed E-state index contributed by atoms with van der Waals surface area (Å²) < 4.78 is 6.90. The molecule has 7 heteroatoms. The minimum Gasteiger partial charge on any atom is -0.465 e. The Bertz CT molecular complexity index is 1240. The number of methoxy groups -OCH3 is 1. The Kier molecular flexibility index (Phi) is 6.19. The highest BCUT2D eigenvalue weighted by atomic mass is 32.2. The van der Waals surface area contributed by atoms with Gasteiger partial charge in [-0.1, -0.05) is 37.3 Å². The number of imide groups is 1. The molecule has 164 valence electrons. The number of ether oxygens (including phenoxy) is 1. The average Bonchev–Trinajstić information content (AvgIpc) is 3.29. The van der Waals surface area contributed by atoms with Crippen molar-refractivity contribution in [1.82, 2.24) is 9.47 Å². The van der Waals surface area contributed by atoms with Crippen LogP contribution in [0, 0.1) is 0 Å². The Labute approximate surface area is 190 Å². The second-order valence-corrected chi connectivity index (χ2v) is 8.72. The molecule has 6 nitrogen and oxygen atoms in total. The number of rotatable bonds is 6. The van der Waals surface area contributed by atoms with E-state index < -0.39 is 0 Å². The van der Waals surface area contributed by atoms with E-state index in [0.717, 1.165) is 40.2 Å². The molecule has 1 atom stereocenters. The van der Waals surface area contributed by atoms with Gasteiger partial charge >= 0.3 is 5.97 Å². The maximum absolute atomic E-state index is 12.8. The monoisotopic (exact) mass is 448 g/mol. The van der Waals surface area contributed by atoms with Crippen molar-refractivity contribution in [2.45, 2.75) is 32.9 Å². The Hall–Kier alpha value is -3.32. The summed E-state index contributed by atoms with van der Waals surface area (Å²) in [4.78, 5) is 38.9. The molecule has 2 aromatic carbocycles. The number of carbonyl (C=O) groups is 3. The SMILES string of the molecule is CCC(C)N1C(=O)SC(=Cc2cn(Cc3cccc(C(=O)OC)c3)c3ccccc23)C1=O. The zero-order valence-electron chi connectivity index (χ0n) is 18.2. The first-order valence-electron chi connectivity index (χ1n) is 10.4. The normalized spacial score (nSPS) is 16.2. The van der Waals surface area contributed by atoms with Gasteiger partial charge in [-0.2, -0.15) is 0 Å². The van der Waals surface area contributed by atoms with Crippen molar-refractivity contribution < 1.29 is 19.1 Å². The molecule has 0 aliphatic carbocycles. The van der Waals surface area contributed by atoms with Crippen LogP contribution in [0.15, 0.2) is 59.6 Å². The molecule has 1 aliphatic rings. The number of benzene rings is 2. The van der Waals surface area contributed by atoms with Crippen LogP contribution < -0.4 is 0 Å². The van der Waals surface area contributed by atoms with Gasteiger partial charge in [0.05, 0.1) is 17.6 Å². The molecule has 3 aromatic rings. The van der Waals surface area contributed by atoms with Gasteiger partial charge in [-0.25, -0.2) is 4.79 Å². The summed E-state index contributed by atoms with van der Waals surface area (Å²) in [6.45, 7) is 4.39. The third-order valence-corrected chi connectivity index (χ3v) is 6.55. The number of nitrogens with zero attached hydrogens (tertiary/aromatic N) is 2. The topological polar surface area (TPSA) is 68.6 Å². The van der Waals surface area contributed by atoms with Gasteiger partial charge in [-0.15, -0.1) is 0 Å². The largest absolute Gasteiger partial charge is 0.465 e. The minimum absolute atomic E-state index is 0.128. The van der Waals surface area contributed by atoms with Gasteiger partial charge < -0.3 is 9.30 Å². The number of hydrogen-bond acceptors (Lipinski definition) is 5. The summed E-state index contributed by atoms with van der Waals surface area (Å²) in [6, 6.07) is 15.1. The Balaban J connectivity index is 1.70. The van der Waals surface area contributed by atoms with Crippen LogP contribution in [0.2, 0.25) is 0 Å². The number of thioether (sulfide) groups is 1. The zero-order chi connectivity index (χ0) is 22.8. The standard InChI is InChI=1S/C25H24N2O4S/c1-4-16(2)27-23(28)22(32-25(27)30)13-19-15-26(21-11-6-5-10-20(19)21)14-17-8-7-9-18(12-17)24(29)31-3/h5-13,15-16H,4,14H2,1-3H3. The van der Waals surface area contributed by atoms with Crippen molar-refractivity contribution in [3.05, 3.63) is 76.3 Å². The summed E-state index contributed by atoms with van der Waals surface area (Å²) >= 11 is 0.988. The molecule has 0 N–H and O–H groups in total. The second-order valence-electron chi connectivity index (χ2n) is 7.73. The maximum atomic E-state index is 12.8. The molecule has 1 saturated heterocycles. The van der Waals surface area contributed by atoms with Crippen molar-refractivity contribution in [3.63, 3.8) is 0 Å². The van der Waals surface area contributed by atoms with Crippen LogP contribution in [0.4, 0.5) is 4.79 Å². The lowest BCUT2D eigenvalue weighted by Crippen LogP contribution is -2.36. The van der Waals surface area contributed by atoms with Crippen molar-refractivity contribution in [2.75, 3.05) is 7.11 Å².